The molecule has 0 aliphatic heterocycles. The van der Waals surface area contributed by atoms with Crippen LogP contribution in [0.1, 0.15) is 18.4 Å². The quantitative estimate of drug-likeness (QED) is 0.425. The van der Waals surface area contributed by atoms with Crippen molar-refractivity contribution in [1.82, 2.24) is 4.98 Å². The zero-order valence-corrected chi connectivity index (χ0v) is 14.3. The van der Waals surface area contributed by atoms with E-state index in [1.165, 1.54) is 18.2 Å². The number of aromatic hydroxyl groups is 2. The SMILES string of the molecule is Oc1cccc(NCCCCc2cncc(-c3ccc(F)cc3)c2)c1O. The van der Waals surface area contributed by atoms with Crippen molar-refractivity contribution in [3.05, 3.63) is 72.3 Å². The summed E-state index contributed by atoms with van der Waals surface area (Å²) >= 11 is 0. The van der Waals surface area contributed by atoms with Crippen LogP contribution in [0.25, 0.3) is 11.1 Å². The number of nitrogens with one attached hydrogen (secondary N) is 1. The molecular weight excluding hydrogens is 331 g/mol. The van der Waals surface area contributed by atoms with Crippen molar-refractivity contribution in [2.45, 2.75) is 19.3 Å². The summed E-state index contributed by atoms with van der Waals surface area (Å²) in [5.74, 6) is -0.495. The van der Waals surface area contributed by atoms with E-state index in [2.05, 4.69) is 16.4 Å². The zero-order chi connectivity index (χ0) is 18.4. The van der Waals surface area contributed by atoms with Crippen LogP contribution in [-0.4, -0.2) is 21.7 Å². The van der Waals surface area contributed by atoms with Gasteiger partial charge in [0.15, 0.2) is 11.5 Å². The Labute approximate surface area is 152 Å². The number of phenolic OH excluding ortho intramolecular Hbond substituents is 2. The molecule has 0 aliphatic rings. The van der Waals surface area contributed by atoms with E-state index in [4.69, 9.17) is 0 Å². The van der Waals surface area contributed by atoms with Crippen LogP contribution in [-0.2, 0) is 6.42 Å². The Morgan fingerprint density at radius 3 is 2.54 bits per heavy atom. The smallest absolute Gasteiger partial charge is 0.181 e. The first-order chi connectivity index (χ1) is 12.6. The van der Waals surface area contributed by atoms with Crippen molar-refractivity contribution in [2.75, 3.05) is 11.9 Å². The van der Waals surface area contributed by atoms with Gasteiger partial charge in [-0.05, 0) is 60.7 Å². The van der Waals surface area contributed by atoms with E-state index in [1.54, 1.807) is 30.5 Å². The molecule has 1 aromatic heterocycles. The predicted octanol–water partition coefficient (Wildman–Crippen LogP) is 4.73. The number of phenols is 2. The second-order valence-electron chi connectivity index (χ2n) is 6.15. The van der Waals surface area contributed by atoms with E-state index in [1.807, 2.05) is 6.20 Å². The minimum absolute atomic E-state index is 0.122. The molecule has 3 aromatic rings. The number of anilines is 1. The molecule has 0 spiro atoms. The van der Waals surface area contributed by atoms with Gasteiger partial charge in [-0.3, -0.25) is 4.98 Å². The van der Waals surface area contributed by atoms with Gasteiger partial charge in [-0.25, -0.2) is 4.39 Å². The summed E-state index contributed by atoms with van der Waals surface area (Å²) in [7, 11) is 0. The lowest BCUT2D eigenvalue weighted by Crippen LogP contribution is -2.02. The summed E-state index contributed by atoms with van der Waals surface area (Å²) in [5.41, 5.74) is 3.59. The minimum atomic E-state index is -0.247. The molecule has 3 rings (SSSR count). The number of halogens is 1. The number of aromatic nitrogens is 1. The Morgan fingerprint density at radius 2 is 1.73 bits per heavy atom. The average molecular weight is 352 g/mol. The van der Waals surface area contributed by atoms with Crippen LogP contribution in [0.4, 0.5) is 10.1 Å². The van der Waals surface area contributed by atoms with Crippen LogP contribution in [0, 0.1) is 5.82 Å². The van der Waals surface area contributed by atoms with Crippen molar-refractivity contribution in [3.63, 3.8) is 0 Å². The van der Waals surface area contributed by atoms with E-state index < -0.39 is 0 Å². The van der Waals surface area contributed by atoms with Gasteiger partial charge in [0.2, 0.25) is 0 Å². The summed E-state index contributed by atoms with van der Waals surface area (Å²) in [6.07, 6.45) is 6.39. The third kappa shape index (κ3) is 4.51. The number of pyridine rings is 1. The minimum Gasteiger partial charge on any atom is -0.504 e. The number of rotatable bonds is 7. The fraction of sp³-hybridized carbons (Fsp3) is 0.190. The molecule has 1 heterocycles. The standard InChI is InChI=1S/C21H21FN2O2/c22-18-9-7-16(8-10-18)17-12-15(13-23-14-17)4-1-2-11-24-19-5-3-6-20(25)21(19)26/h3,5-10,12-14,24-26H,1-2,4,11H2. The van der Waals surface area contributed by atoms with Gasteiger partial charge in [-0.15, -0.1) is 0 Å². The van der Waals surface area contributed by atoms with Crippen LogP contribution in [0.15, 0.2) is 60.9 Å². The third-order valence-electron chi connectivity index (χ3n) is 4.19. The third-order valence-corrected chi connectivity index (χ3v) is 4.19. The van der Waals surface area contributed by atoms with Crippen molar-refractivity contribution < 1.29 is 14.6 Å². The molecular formula is C21H21FN2O2. The first kappa shape index (κ1) is 17.7. The normalized spacial score (nSPS) is 10.7. The molecule has 0 atom stereocenters. The second kappa shape index (κ2) is 8.34. The van der Waals surface area contributed by atoms with Crippen molar-refractivity contribution in [1.29, 1.82) is 0 Å². The highest BCUT2D eigenvalue weighted by Gasteiger charge is 2.05. The Bertz CT molecular complexity index is 866. The molecule has 0 unspecified atom stereocenters. The van der Waals surface area contributed by atoms with Gasteiger partial charge in [0.25, 0.3) is 0 Å². The number of nitrogens with zero attached hydrogens (tertiary/aromatic N) is 1. The molecule has 0 saturated heterocycles. The highest BCUT2D eigenvalue weighted by Crippen LogP contribution is 2.32. The number of unbranched alkanes of at least 4 members (excludes halogenated alkanes) is 1. The van der Waals surface area contributed by atoms with Crippen molar-refractivity contribution >= 4 is 5.69 Å². The summed E-state index contributed by atoms with van der Waals surface area (Å²) in [6.45, 7) is 0.697. The zero-order valence-electron chi connectivity index (χ0n) is 14.3. The maximum absolute atomic E-state index is 13.0. The second-order valence-corrected chi connectivity index (χ2v) is 6.15. The van der Waals surface area contributed by atoms with Crippen LogP contribution in [0.3, 0.4) is 0 Å². The molecule has 0 amide bonds. The van der Waals surface area contributed by atoms with Gasteiger partial charge >= 0.3 is 0 Å². The molecule has 0 fully saturated rings. The molecule has 5 heteroatoms. The number of hydrogen-bond acceptors (Lipinski definition) is 4. The molecule has 0 radical (unpaired) electrons. The first-order valence-electron chi connectivity index (χ1n) is 8.58. The van der Waals surface area contributed by atoms with E-state index in [9.17, 15) is 14.6 Å². The van der Waals surface area contributed by atoms with Gasteiger partial charge in [0.05, 0.1) is 5.69 Å². The van der Waals surface area contributed by atoms with Crippen LogP contribution >= 0.6 is 0 Å². The number of benzene rings is 2. The molecule has 134 valence electrons. The topological polar surface area (TPSA) is 65.4 Å². The highest BCUT2D eigenvalue weighted by atomic mass is 19.1. The van der Waals surface area contributed by atoms with Crippen LogP contribution < -0.4 is 5.32 Å². The molecule has 3 N–H and O–H groups in total. The Hall–Kier alpha value is -3.08. The van der Waals surface area contributed by atoms with E-state index in [0.717, 1.165) is 36.0 Å². The van der Waals surface area contributed by atoms with Gasteiger partial charge < -0.3 is 15.5 Å². The van der Waals surface area contributed by atoms with Gasteiger partial charge in [0.1, 0.15) is 5.82 Å². The number of aryl methyl sites for hydroxylation is 1. The molecule has 0 bridgehead atoms. The van der Waals surface area contributed by atoms with Gasteiger partial charge in [0, 0.05) is 24.5 Å². The number of hydrogen-bond donors (Lipinski definition) is 3. The van der Waals surface area contributed by atoms with E-state index >= 15 is 0 Å². The summed E-state index contributed by atoms with van der Waals surface area (Å²) in [4.78, 5) is 4.28. The fourth-order valence-electron chi connectivity index (χ4n) is 2.78. The Morgan fingerprint density at radius 1 is 0.923 bits per heavy atom. The maximum Gasteiger partial charge on any atom is 0.181 e. The van der Waals surface area contributed by atoms with E-state index in [-0.39, 0.29) is 17.3 Å². The van der Waals surface area contributed by atoms with Gasteiger partial charge in [-0.2, -0.15) is 0 Å². The Kier molecular flexibility index (Phi) is 5.69. The van der Waals surface area contributed by atoms with Crippen LogP contribution in [0.2, 0.25) is 0 Å². The molecule has 26 heavy (non-hydrogen) atoms. The van der Waals surface area contributed by atoms with E-state index in [0.29, 0.717) is 12.2 Å². The first-order valence-corrected chi connectivity index (χ1v) is 8.58. The molecule has 0 aliphatic carbocycles. The maximum atomic E-state index is 13.0. The fourth-order valence-corrected chi connectivity index (χ4v) is 2.78. The monoisotopic (exact) mass is 352 g/mol. The molecule has 2 aromatic carbocycles. The largest absolute Gasteiger partial charge is 0.504 e. The average Bonchev–Trinajstić information content (AvgIpc) is 2.65. The van der Waals surface area contributed by atoms with Gasteiger partial charge in [-0.1, -0.05) is 18.2 Å². The lowest BCUT2D eigenvalue weighted by atomic mass is 10.0. The highest BCUT2D eigenvalue weighted by molar-refractivity contribution is 5.63. The molecule has 4 nitrogen and oxygen atoms in total. The lowest BCUT2D eigenvalue weighted by Gasteiger charge is -2.09. The Balaban J connectivity index is 1.50. The van der Waals surface area contributed by atoms with Crippen LogP contribution in [0.5, 0.6) is 11.5 Å². The lowest BCUT2D eigenvalue weighted by molar-refractivity contribution is 0.405. The predicted molar refractivity (Wildman–Crippen MR) is 101 cm³/mol. The summed E-state index contributed by atoms with van der Waals surface area (Å²) in [6, 6.07) is 13.3. The van der Waals surface area contributed by atoms with Crippen molar-refractivity contribution in [3.8, 4) is 22.6 Å². The van der Waals surface area contributed by atoms with Crippen molar-refractivity contribution in [2.24, 2.45) is 0 Å². The summed E-state index contributed by atoms with van der Waals surface area (Å²) < 4.78 is 13.0. The summed E-state index contributed by atoms with van der Waals surface area (Å²) in [5, 5.41) is 22.3. The number of para-hydroxylation sites is 1. The molecule has 0 saturated carbocycles.